The second-order valence-electron chi connectivity index (χ2n) is 5.52. The number of carbonyl (C=O) groups is 1. The molecule has 5 nitrogen and oxygen atoms in total. The molecule has 0 spiro atoms. The quantitative estimate of drug-likeness (QED) is 0.847. The molecule has 1 saturated heterocycles. The van der Waals surface area contributed by atoms with Crippen LogP contribution in [0.5, 0.6) is 0 Å². The van der Waals surface area contributed by atoms with Crippen LogP contribution >= 0.6 is 0 Å². The molecular formula is C16H20N4O. The third-order valence-corrected chi connectivity index (χ3v) is 3.96. The molecule has 0 bridgehead atoms. The summed E-state index contributed by atoms with van der Waals surface area (Å²) in [7, 11) is 0. The zero-order chi connectivity index (χ0) is 14.8. The van der Waals surface area contributed by atoms with Gasteiger partial charge in [-0.15, -0.1) is 0 Å². The third kappa shape index (κ3) is 2.77. The van der Waals surface area contributed by atoms with Gasteiger partial charge in [0.2, 0.25) is 5.91 Å². The van der Waals surface area contributed by atoms with Crippen molar-refractivity contribution in [2.75, 3.05) is 30.7 Å². The van der Waals surface area contributed by atoms with Gasteiger partial charge in [-0.25, -0.2) is 0 Å². The molecule has 1 aromatic heterocycles. The molecule has 2 heterocycles. The largest absolute Gasteiger partial charge is 0.398 e. The van der Waals surface area contributed by atoms with Crippen molar-refractivity contribution in [3.05, 3.63) is 30.1 Å². The molecule has 2 aromatic rings. The average molecular weight is 284 g/mol. The predicted molar refractivity (Wildman–Crippen MR) is 85.2 cm³/mol. The number of carbonyl (C=O) groups excluding carboxylic acids is 1. The van der Waals surface area contributed by atoms with Crippen molar-refractivity contribution in [2.45, 2.75) is 19.8 Å². The number of rotatable bonds is 3. The molecule has 1 aliphatic rings. The van der Waals surface area contributed by atoms with Crippen LogP contribution < -0.4 is 11.1 Å². The Morgan fingerprint density at radius 2 is 2.10 bits per heavy atom. The van der Waals surface area contributed by atoms with E-state index >= 15 is 0 Å². The zero-order valence-corrected chi connectivity index (χ0v) is 12.2. The highest BCUT2D eigenvalue weighted by molar-refractivity contribution is 6.01. The smallest absolute Gasteiger partial charge is 0.241 e. The average Bonchev–Trinajstić information content (AvgIpc) is 3.00. The van der Waals surface area contributed by atoms with Crippen molar-refractivity contribution < 1.29 is 4.79 Å². The number of nitrogens with two attached hydrogens (primary N) is 1. The lowest BCUT2D eigenvalue weighted by atomic mass is 10.1. The van der Waals surface area contributed by atoms with Crippen LogP contribution in [-0.2, 0) is 4.79 Å². The Labute approximate surface area is 124 Å². The molecule has 0 atom stereocenters. The van der Waals surface area contributed by atoms with E-state index in [4.69, 9.17) is 5.73 Å². The Balaban J connectivity index is 1.82. The van der Waals surface area contributed by atoms with Gasteiger partial charge in [0.25, 0.3) is 0 Å². The van der Waals surface area contributed by atoms with E-state index in [1.807, 2.05) is 30.0 Å². The molecular weight excluding hydrogens is 264 g/mol. The highest BCUT2D eigenvalue weighted by Gasteiger charge is 2.17. The van der Waals surface area contributed by atoms with Crippen LogP contribution in [0.25, 0.3) is 10.8 Å². The van der Waals surface area contributed by atoms with Crippen LogP contribution in [0.2, 0.25) is 0 Å². The van der Waals surface area contributed by atoms with Gasteiger partial charge in [0.15, 0.2) is 0 Å². The van der Waals surface area contributed by atoms with E-state index in [1.54, 1.807) is 6.20 Å². The maximum absolute atomic E-state index is 12.1. The summed E-state index contributed by atoms with van der Waals surface area (Å²) in [6.07, 6.45) is 4.01. The van der Waals surface area contributed by atoms with Gasteiger partial charge in [0.1, 0.15) is 0 Å². The van der Waals surface area contributed by atoms with Crippen molar-refractivity contribution in [1.82, 2.24) is 9.88 Å². The fourth-order valence-electron chi connectivity index (χ4n) is 2.77. The molecule has 0 saturated carbocycles. The number of nitrogen functional groups attached to an aromatic ring is 1. The maximum atomic E-state index is 12.1. The highest BCUT2D eigenvalue weighted by atomic mass is 16.2. The van der Waals surface area contributed by atoms with Crippen LogP contribution in [0.3, 0.4) is 0 Å². The third-order valence-electron chi connectivity index (χ3n) is 3.96. The van der Waals surface area contributed by atoms with Crippen LogP contribution in [0, 0.1) is 6.92 Å². The van der Waals surface area contributed by atoms with Gasteiger partial charge in [-0.3, -0.25) is 9.78 Å². The molecule has 21 heavy (non-hydrogen) atoms. The minimum absolute atomic E-state index is 0.156. The molecule has 0 unspecified atom stereocenters. The van der Waals surface area contributed by atoms with Crippen molar-refractivity contribution in [3.8, 4) is 0 Å². The number of fused-ring (bicyclic) bond motifs is 1. The summed E-state index contributed by atoms with van der Waals surface area (Å²) in [5, 5.41) is 5.17. The van der Waals surface area contributed by atoms with E-state index in [9.17, 15) is 4.79 Å². The number of anilines is 2. The summed E-state index contributed by atoms with van der Waals surface area (Å²) in [4.78, 5) is 18.3. The summed E-state index contributed by atoms with van der Waals surface area (Å²) >= 11 is 0. The molecule has 1 aromatic carbocycles. The number of pyridine rings is 1. The number of hydrogen-bond donors (Lipinski definition) is 2. The molecule has 5 heteroatoms. The predicted octanol–water partition coefficient (Wildman–Crippen LogP) is 2.16. The minimum Gasteiger partial charge on any atom is -0.398 e. The number of likely N-dealkylation sites (tertiary alicyclic amines) is 1. The standard InChI is InChI=1S/C16H20N4O/c1-11-8-12-13(9-18-11)14(17)4-5-15(12)19-10-16(21)20-6-2-3-7-20/h4-5,8-9,19H,2-3,6-7,10,17H2,1H3. The Bertz CT molecular complexity index is 677. The first-order valence-electron chi connectivity index (χ1n) is 7.31. The highest BCUT2D eigenvalue weighted by Crippen LogP contribution is 2.28. The van der Waals surface area contributed by atoms with E-state index in [-0.39, 0.29) is 5.91 Å². The lowest BCUT2D eigenvalue weighted by Gasteiger charge is -2.17. The van der Waals surface area contributed by atoms with E-state index in [0.29, 0.717) is 12.2 Å². The van der Waals surface area contributed by atoms with Crippen molar-refractivity contribution in [2.24, 2.45) is 0 Å². The molecule has 3 N–H and O–H groups in total. The number of benzene rings is 1. The Kier molecular flexibility index (Phi) is 3.64. The van der Waals surface area contributed by atoms with E-state index in [2.05, 4.69) is 10.3 Å². The first kappa shape index (κ1) is 13.7. The number of nitrogens with zero attached hydrogens (tertiary/aromatic N) is 2. The number of nitrogens with one attached hydrogen (secondary N) is 1. The molecule has 110 valence electrons. The van der Waals surface area contributed by atoms with Gasteiger partial charge < -0.3 is 16.0 Å². The summed E-state index contributed by atoms with van der Waals surface area (Å²) in [5.41, 5.74) is 8.55. The molecule has 1 aliphatic heterocycles. The fourth-order valence-corrected chi connectivity index (χ4v) is 2.77. The Hall–Kier alpha value is -2.30. The van der Waals surface area contributed by atoms with E-state index < -0.39 is 0 Å². The summed E-state index contributed by atoms with van der Waals surface area (Å²) in [6.45, 7) is 4.03. The molecule has 0 aliphatic carbocycles. The first-order chi connectivity index (χ1) is 10.1. The molecule has 0 radical (unpaired) electrons. The maximum Gasteiger partial charge on any atom is 0.241 e. The minimum atomic E-state index is 0.156. The lowest BCUT2D eigenvalue weighted by molar-refractivity contribution is -0.128. The van der Waals surface area contributed by atoms with Gasteiger partial charge in [-0.05, 0) is 38.0 Å². The number of hydrogen-bond acceptors (Lipinski definition) is 4. The van der Waals surface area contributed by atoms with Gasteiger partial charge in [-0.2, -0.15) is 0 Å². The van der Waals surface area contributed by atoms with E-state index in [0.717, 1.165) is 48.1 Å². The SMILES string of the molecule is Cc1cc2c(NCC(=O)N3CCCC3)ccc(N)c2cn1. The monoisotopic (exact) mass is 284 g/mol. The Morgan fingerprint density at radius 1 is 1.33 bits per heavy atom. The number of aryl methyl sites for hydroxylation is 1. The van der Waals surface area contributed by atoms with Crippen molar-refractivity contribution >= 4 is 28.1 Å². The summed E-state index contributed by atoms with van der Waals surface area (Å²) in [6, 6.07) is 5.77. The molecule has 1 amide bonds. The second kappa shape index (κ2) is 5.60. The van der Waals surface area contributed by atoms with Gasteiger partial charge in [-0.1, -0.05) is 0 Å². The Morgan fingerprint density at radius 3 is 2.86 bits per heavy atom. The number of aromatic nitrogens is 1. The summed E-state index contributed by atoms with van der Waals surface area (Å²) < 4.78 is 0. The van der Waals surface area contributed by atoms with E-state index in [1.165, 1.54) is 0 Å². The van der Waals surface area contributed by atoms with Crippen LogP contribution in [0.1, 0.15) is 18.5 Å². The van der Waals surface area contributed by atoms with Gasteiger partial charge in [0, 0.05) is 47.1 Å². The first-order valence-corrected chi connectivity index (χ1v) is 7.31. The number of amides is 1. The zero-order valence-electron chi connectivity index (χ0n) is 12.2. The van der Waals surface area contributed by atoms with Crippen LogP contribution in [0.4, 0.5) is 11.4 Å². The van der Waals surface area contributed by atoms with Gasteiger partial charge >= 0.3 is 0 Å². The normalized spacial score (nSPS) is 14.6. The van der Waals surface area contributed by atoms with Crippen LogP contribution in [-0.4, -0.2) is 35.4 Å². The van der Waals surface area contributed by atoms with Gasteiger partial charge in [0.05, 0.1) is 6.54 Å². The molecule has 1 fully saturated rings. The molecule has 3 rings (SSSR count). The van der Waals surface area contributed by atoms with Crippen molar-refractivity contribution in [3.63, 3.8) is 0 Å². The van der Waals surface area contributed by atoms with Crippen molar-refractivity contribution in [1.29, 1.82) is 0 Å². The fraction of sp³-hybridized carbons (Fsp3) is 0.375. The van der Waals surface area contributed by atoms with Crippen LogP contribution in [0.15, 0.2) is 24.4 Å². The summed E-state index contributed by atoms with van der Waals surface area (Å²) in [5.74, 6) is 0.156. The topological polar surface area (TPSA) is 71.2 Å². The second-order valence-corrected chi connectivity index (χ2v) is 5.52. The lowest BCUT2D eigenvalue weighted by Crippen LogP contribution is -2.33.